The Morgan fingerprint density at radius 1 is 1.23 bits per heavy atom. The summed E-state index contributed by atoms with van der Waals surface area (Å²) in [5.41, 5.74) is 14.3. The number of nitrogen functional groups attached to an aromatic ring is 1. The molecule has 26 heavy (non-hydrogen) atoms. The number of anilines is 2. The predicted molar refractivity (Wildman–Crippen MR) is 92.3 cm³/mol. The quantitative estimate of drug-likeness (QED) is 0.682. The molecule has 2 aliphatic rings. The van der Waals surface area contributed by atoms with E-state index in [9.17, 15) is 13.2 Å². The Labute approximate surface area is 150 Å². The summed E-state index contributed by atoms with van der Waals surface area (Å²) in [6.45, 7) is 1.74. The van der Waals surface area contributed by atoms with Gasteiger partial charge in [-0.2, -0.15) is 18.2 Å². The van der Waals surface area contributed by atoms with Crippen LogP contribution in [0.25, 0.3) is 10.2 Å². The molecule has 0 bridgehead atoms. The van der Waals surface area contributed by atoms with Crippen LogP contribution in [0.3, 0.4) is 0 Å². The molecule has 1 saturated heterocycles. The second-order valence-corrected chi connectivity index (χ2v) is 7.37. The molecule has 5 N–H and O–H groups in total. The third kappa shape index (κ3) is 3.68. The fraction of sp³-hybridized carbons (Fsp3) is 0.533. The molecule has 0 saturated carbocycles. The van der Waals surface area contributed by atoms with E-state index in [1.807, 2.05) is 11.3 Å². The maximum absolute atomic E-state index is 10.6. The maximum Gasteiger partial charge on any atom is 0.490 e. The van der Waals surface area contributed by atoms with Gasteiger partial charge in [0.05, 0.1) is 10.2 Å². The van der Waals surface area contributed by atoms with Crippen molar-refractivity contribution in [3.05, 3.63) is 10.4 Å². The van der Waals surface area contributed by atoms with E-state index in [4.69, 9.17) is 21.4 Å². The van der Waals surface area contributed by atoms with E-state index in [1.165, 1.54) is 34.4 Å². The normalized spacial score (nSPS) is 17.3. The number of hydrogen-bond donors (Lipinski definition) is 3. The summed E-state index contributed by atoms with van der Waals surface area (Å²) >= 11 is 1.85. The summed E-state index contributed by atoms with van der Waals surface area (Å²) in [6.07, 6.45) is -0.237. The lowest BCUT2D eigenvalue weighted by Gasteiger charge is -2.37. The molecule has 142 valence electrons. The van der Waals surface area contributed by atoms with Crippen molar-refractivity contribution in [2.24, 2.45) is 5.73 Å². The number of carboxylic acids is 1. The van der Waals surface area contributed by atoms with E-state index in [-0.39, 0.29) is 6.04 Å². The first-order valence-corrected chi connectivity index (χ1v) is 8.87. The number of aryl methyl sites for hydroxylation is 2. The van der Waals surface area contributed by atoms with Crippen LogP contribution in [0.4, 0.5) is 24.9 Å². The highest BCUT2D eigenvalue weighted by Gasteiger charge is 2.38. The number of fused-ring (bicyclic) bond motifs is 3. The summed E-state index contributed by atoms with van der Waals surface area (Å²) < 4.78 is 32.9. The molecule has 0 amide bonds. The van der Waals surface area contributed by atoms with Crippen molar-refractivity contribution in [3.63, 3.8) is 0 Å². The van der Waals surface area contributed by atoms with Crippen LogP contribution in [0.2, 0.25) is 0 Å². The molecule has 1 aliphatic heterocycles. The highest BCUT2D eigenvalue weighted by molar-refractivity contribution is 7.19. The number of alkyl halides is 3. The van der Waals surface area contributed by atoms with Crippen LogP contribution < -0.4 is 16.4 Å². The first kappa shape index (κ1) is 18.6. The van der Waals surface area contributed by atoms with Gasteiger partial charge in [-0.25, -0.2) is 9.78 Å². The minimum Gasteiger partial charge on any atom is -0.475 e. The van der Waals surface area contributed by atoms with Gasteiger partial charge in [-0.15, -0.1) is 11.3 Å². The number of carbonyl (C=O) groups is 1. The van der Waals surface area contributed by atoms with Gasteiger partial charge in [-0.3, -0.25) is 0 Å². The third-order valence-electron chi connectivity index (χ3n) is 4.25. The molecule has 0 unspecified atom stereocenters. The van der Waals surface area contributed by atoms with Crippen LogP contribution in [0, 0.1) is 0 Å². The number of aliphatic carboxylic acids is 1. The summed E-state index contributed by atoms with van der Waals surface area (Å²) in [5, 5.41) is 7.12. The Kier molecular flexibility index (Phi) is 4.93. The fourth-order valence-corrected chi connectivity index (χ4v) is 4.36. The molecule has 11 heteroatoms. The number of carboxylic acid groups (broad SMARTS) is 1. The van der Waals surface area contributed by atoms with E-state index in [0.717, 1.165) is 30.8 Å². The number of hydrogen-bond acceptors (Lipinski definition) is 7. The zero-order valence-electron chi connectivity index (χ0n) is 13.7. The molecule has 3 heterocycles. The lowest BCUT2D eigenvalue weighted by Crippen LogP contribution is -2.56. The Balaban J connectivity index is 0.000000242. The SMILES string of the molecule is Nc1nc(N2CC(N)C2)c2sc3c(c2n1)CCCC3.O=C(O)C(F)(F)F. The van der Waals surface area contributed by atoms with E-state index in [0.29, 0.717) is 5.95 Å². The number of nitrogens with two attached hydrogens (primary N) is 2. The molecule has 0 spiro atoms. The van der Waals surface area contributed by atoms with Crippen molar-refractivity contribution in [2.75, 3.05) is 23.7 Å². The lowest BCUT2D eigenvalue weighted by molar-refractivity contribution is -0.192. The number of aromatic nitrogens is 2. The minimum absolute atomic E-state index is 0.265. The molecular weight excluding hydrogens is 371 g/mol. The highest BCUT2D eigenvalue weighted by atomic mass is 32.1. The zero-order chi connectivity index (χ0) is 19.1. The lowest BCUT2D eigenvalue weighted by atomic mass is 9.98. The topological polar surface area (TPSA) is 118 Å². The second kappa shape index (κ2) is 6.88. The second-order valence-electron chi connectivity index (χ2n) is 6.26. The molecule has 1 aliphatic carbocycles. The van der Waals surface area contributed by atoms with Crippen molar-refractivity contribution in [3.8, 4) is 0 Å². The first-order chi connectivity index (χ1) is 12.2. The maximum atomic E-state index is 10.6. The van der Waals surface area contributed by atoms with Gasteiger partial charge in [-0.1, -0.05) is 0 Å². The van der Waals surface area contributed by atoms with Gasteiger partial charge in [0.25, 0.3) is 0 Å². The number of thiophene rings is 1. The van der Waals surface area contributed by atoms with Crippen LogP contribution in [0.1, 0.15) is 23.3 Å². The molecule has 0 aromatic carbocycles. The van der Waals surface area contributed by atoms with Crippen LogP contribution >= 0.6 is 11.3 Å². The van der Waals surface area contributed by atoms with Gasteiger partial charge in [0, 0.05) is 24.0 Å². The van der Waals surface area contributed by atoms with Gasteiger partial charge in [0.15, 0.2) is 5.82 Å². The van der Waals surface area contributed by atoms with Crippen LogP contribution in [-0.4, -0.2) is 46.4 Å². The minimum atomic E-state index is -5.08. The summed E-state index contributed by atoms with van der Waals surface area (Å²) in [4.78, 5) is 21.5. The highest BCUT2D eigenvalue weighted by Crippen LogP contribution is 2.40. The summed E-state index contributed by atoms with van der Waals surface area (Å²) in [7, 11) is 0. The Hall–Kier alpha value is -2.14. The number of halogens is 3. The molecule has 0 radical (unpaired) electrons. The molecule has 4 rings (SSSR count). The Morgan fingerprint density at radius 2 is 1.85 bits per heavy atom. The van der Waals surface area contributed by atoms with Gasteiger partial charge >= 0.3 is 12.1 Å². The first-order valence-electron chi connectivity index (χ1n) is 8.05. The smallest absolute Gasteiger partial charge is 0.475 e. The van der Waals surface area contributed by atoms with Crippen molar-refractivity contribution in [1.82, 2.24) is 9.97 Å². The number of rotatable bonds is 1. The van der Waals surface area contributed by atoms with Gasteiger partial charge in [0.2, 0.25) is 5.95 Å². The van der Waals surface area contributed by atoms with E-state index in [2.05, 4.69) is 14.9 Å². The largest absolute Gasteiger partial charge is 0.490 e. The monoisotopic (exact) mass is 389 g/mol. The van der Waals surface area contributed by atoms with Crippen molar-refractivity contribution in [2.45, 2.75) is 37.9 Å². The third-order valence-corrected chi connectivity index (χ3v) is 5.52. The summed E-state index contributed by atoms with van der Waals surface area (Å²) in [5.74, 6) is -1.38. The summed E-state index contributed by atoms with van der Waals surface area (Å²) in [6, 6.07) is 0.265. The molecule has 2 aromatic heterocycles. The van der Waals surface area contributed by atoms with Crippen LogP contribution in [-0.2, 0) is 17.6 Å². The molecule has 7 nitrogen and oxygen atoms in total. The van der Waals surface area contributed by atoms with E-state index in [1.54, 1.807) is 0 Å². The molecule has 0 atom stereocenters. The van der Waals surface area contributed by atoms with Crippen molar-refractivity contribution < 1.29 is 23.1 Å². The standard InChI is InChI=1S/C13H17N5S.C2HF3O2/c14-7-5-18(6-7)12-11-10(16-13(15)17-12)8-3-1-2-4-9(8)19-11;3-2(4,5)1(6)7/h7H,1-6,14H2,(H2,15,16,17);(H,6,7). The van der Waals surface area contributed by atoms with Crippen LogP contribution in [0.5, 0.6) is 0 Å². The molecule has 1 fully saturated rings. The van der Waals surface area contributed by atoms with Crippen LogP contribution in [0.15, 0.2) is 0 Å². The Bertz CT molecular complexity index is 833. The average Bonchev–Trinajstić information content (AvgIpc) is 2.90. The zero-order valence-corrected chi connectivity index (χ0v) is 14.5. The van der Waals surface area contributed by atoms with Gasteiger partial charge < -0.3 is 21.5 Å². The van der Waals surface area contributed by atoms with Gasteiger partial charge in [-0.05, 0) is 31.2 Å². The van der Waals surface area contributed by atoms with Crippen molar-refractivity contribution >= 4 is 39.3 Å². The average molecular weight is 389 g/mol. The number of nitrogens with zero attached hydrogens (tertiary/aromatic N) is 3. The van der Waals surface area contributed by atoms with E-state index >= 15 is 0 Å². The predicted octanol–water partition coefficient (Wildman–Crippen LogP) is 1.93. The van der Waals surface area contributed by atoms with E-state index < -0.39 is 12.1 Å². The van der Waals surface area contributed by atoms with Gasteiger partial charge in [0.1, 0.15) is 0 Å². The Morgan fingerprint density at radius 3 is 2.42 bits per heavy atom. The molecular formula is C15H18F3N5O2S. The molecule has 2 aromatic rings. The van der Waals surface area contributed by atoms with Crippen molar-refractivity contribution in [1.29, 1.82) is 0 Å². The fourth-order valence-electron chi connectivity index (χ4n) is 3.02.